The van der Waals surface area contributed by atoms with Crippen LogP contribution in [-0.4, -0.2) is 22.0 Å². The molecule has 0 bridgehead atoms. The molecule has 0 unspecified atom stereocenters. The van der Waals surface area contributed by atoms with Crippen molar-refractivity contribution in [1.29, 1.82) is 0 Å². The molecule has 0 amide bonds. The summed E-state index contributed by atoms with van der Waals surface area (Å²) >= 11 is 0. The van der Waals surface area contributed by atoms with Crippen molar-refractivity contribution in [1.82, 2.24) is 14.7 Å². The molecule has 3 rings (SSSR count). The summed E-state index contributed by atoms with van der Waals surface area (Å²) in [5.41, 5.74) is 2.34. The maximum absolute atomic E-state index is 14.2. The van der Waals surface area contributed by atoms with Gasteiger partial charge in [0.1, 0.15) is 5.65 Å². The highest BCUT2D eigenvalue weighted by atomic mass is 19.1. The fraction of sp³-hybridized carbons (Fsp3) is 0.500. The molecule has 1 N–H and O–H groups in total. The fourth-order valence-electron chi connectivity index (χ4n) is 2.68. The third kappa shape index (κ3) is 2.01. The number of hydrogen-bond donors (Lipinski definition) is 1. The van der Waals surface area contributed by atoms with E-state index < -0.39 is 0 Å². The Hall–Kier alpha value is -1.42. The monoisotopic (exact) mass is 247 g/mol. The van der Waals surface area contributed by atoms with E-state index in [2.05, 4.69) is 10.3 Å². The van der Waals surface area contributed by atoms with E-state index >= 15 is 0 Å². The summed E-state index contributed by atoms with van der Waals surface area (Å²) in [4.78, 5) is 4.45. The summed E-state index contributed by atoms with van der Waals surface area (Å²) in [6, 6.07) is 4.19. The van der Waals surface area contributed by atoms with Crippen LogP contribution in [0.2, 0.25) is 0 Å². The van der Waals surface area contributed by atoms with Crippen molar-refractivity contribution in [2.45, 2.75) is 38.6 Å². The van der Waals surface area contributed by atoms with Gasteiger partial charge in [0.2, 0.25) is 5.95 Å². The molecular formula is C14H18FN3. The number of aromatic nitrogens is 2. The Bertz CT molecular complexity index is 555. The fourth-order valence-corrected chi connectivity index (χ4v) is 2.68. The molecule has 4 heteroatoms. The lowest BCUT2D eigenvalue weighted by Crippen LogP contribution is -2.35. The van der Waals surface area contributed by atoms with Crippen molar-refractivity contribution in [2.24, 2.45) is 0 Å². The van der Waals surface area contributed by atoms with E-state index in [0.29, 0.717) is 18.2 Å². The predicted molar refractivity (Wildman–Crippen MR) is 69.2 cm³/mol. The van der Waals surface area contributed by atoms with Gasteiger partial charge in [-0.1, -0.05) is 12.5 Å². The zero-order chi connectivity index (χ0) is 12.5. The Morgan fingerprint density at radius 3 is 3.11 bits per heavy atom. The normalized spacial score (nSPS) is 20.4. The quantitative estimate of drug-likeness (QED) is 0.883. The molecule has 2 aromatic rings. The first-order chi connectivity index (χ1) is 8.75. The van der Waals surface area contributed by atoms with Crippen LogP contribution in [0.15, 0.2) is 18.3 Å². The molecule has 3 nitrogen and oxygen atoms in total. The van der Waals surface area contributed by atoms with E-state index in [0.717, 1.165) is 24.2 Å². The average molecular weight is 247 g/mol. The van der Waals surface area contributed by atoms with E-state index in [1.807, 2.05) is 19.1 Å². The Labute approximate surface area is 106 Å². The number of aryl methyl sites for hydroxylation is 1. The molecule has 1 aliphatic heterocycles. The van der Waals surface area contributed by atoms with Crippen molar-refractivity contribution in [2.75, 3.05) is 6.54 Å². The van der Waals surface area contributed by atoms with Gasteiger partial charge in [0, 0.05) is 18.7 Å². The molecule has 3 heterocycles. The lowest BCUT2D eigenvalue weighted by atomic mass is 10.0. The summed E-state index contributed by atoms with van der Waals surface area (Å²) in [5.74, 6) is -0.207. The molecule has 1 atom stereocenters. The lowest BCUT2D eigenvalue weighted by Gasteiger charge is -2.22. The molecule has 0 spiro atoms. The molecular weight excluding hydrogens is 229 g/mol. The molecule has 0 aromatic carbocycles. The highest BCUT2D eigenvalue weighted by Crippen LogP contribution is 2.18. The Morgan fingerprint density at radius 1 is 1.50 bits per heavy atom. The van der Waals surface area contributed by atoms with Crippen LogP contribution < -0.4 is 5.32 Å². The van der Waals surface area contributed by atoms with E-state index in [-0.39, 0.29) is 5.95 Å². The first kappa shape index (κ1) is 11.7. The molecule has 18 heavy (non-hydrogen) atoms. The van der Waals surface area contributed by atoms with Crippen molar-refractivity contribution in [3.05, 3.63) is 35.5 Å². The summed E-state index contributed by atoms with van der Waals surface area (Å²) < 4.78 is 15.8. The zero-order valence-electron chi connectivity index (χ0n) is 10.6. The first-order valence-corrected chi connectivity index (χ1v) is 6.61. The standard InChI is InChI=1S/C14H18FN3/c1-10-5-4-8-18-13(15)12(17-14(10)18)9-11-6-2-3-7-16-11/h4-5,8,11,16H,2-3,6-7,9H2,1H3/t11-/m0/s1. The molecule has 96 valence electrons. The summed E-state index contributed by atoms with van der Waals surface area (Å²) in [6.07, 6.45) is 6.00. The van der Waals surface area contributed by atoms with Gasteiger partial charge in [0.25, 0.3) is 0 Å². The zero-order valence-corrected chi connectivity index (χ0v) is 10.6. The van der Waals surface area contributed by atoms with E-state index in [1.54, 1.807) is 10.6 Å². The number of nitrogens with one attached hydrogen (secondary N) is 1. The molecule has 2 aromatic heterocycles. The highest BCUT2D eigenvalue weighted by molar-refractivity contribution is 5.48. The van der Waals surface area contributed by atoms with Gasteiger partial charge in [-0.3, -0.25) is 4.40 Å². The minimum Gasteiger partial charge on any atom is -0.314 e. The maximum atomic E-state index is 14.2. The predicted octanol–water partition coefficient (Wildman–Crippen LogP) is 2.47. The van der Waals surface area contributed by atoms with Gasteiger partial charge in [-0.15, -0.1) is 0 Å². The van der Waals surface area contributed by atoms with Crippen LogP contribution in [0.5, 0.6) is 0 Å². The SMILES string of the molecule is Cc1cccn2c(F)c(C[C@@H]3CCCCN3)nc12. The smallest absolute Gasteiger partial charge is 0.221 e. The van der Waals surface area contributed by atoms with Crippen LogP contribution in [0.4, 0.5) is 4.39 Å². The van der Waals surface area contributed by atoms with E-state index in [9.17, 15) is 4.39 Å². The van der Waals surface area contributed by atoms with Crippen molar-refractivity contribution >= 4 is 5.65 Å². The molecule has 0 aliphatic carbocycles. The van der Waals surface area contributed by atoms with Gasteiger partial charge in [-0.2, -0.15) is 4.39 Å². The van der Waals surface area contributed by atoms with Crippen molar-refractivity contribution < 1.29 is 4.39 Å². The molecule has 0 saturated carbocycles. The van der Waals surface area contributed by atoms with Crippen LogP contribution in [0.3, 0.4) is 0 Å². The minimum absolute atomic E-state index is 0.207. The van der Waals surface area contributed by atoms with Crippen LogP contribution in [0.1, 0.15) is 30.5 Å². The maximum Gasteiger partial charge on any atom is 0.221 e. The topological polar surface area (TPSA) is 29.3 Å². The number of imidazole rings is 1. The van der Waals surface area contributed by atoms with E-state index in [4.69, 9.17) is 0 Å². The number of nitrogens with zero attached hydrogens (tertiary/aromatic N) is 2. The summed E-state index contributed by atoms with van der Waals surface area (Å²) in [6.45, 7) is 3.00. The van der Waals surface area contributed by atoms with Gasteiger partial charge in [-0.05, 0) is 37.9 Å². The number of fused-ring (bicyclic) bond motifs is 1. The largest absolute Gasteiger partial charge is 0.314 e. The van der Waals surface area contributed by atoms with Gasteiger partial charge in [0.15, 0.2) is 0 Å². The number of halogens is 1. The molecule has 1 saturated heterocycles. The average Bonchev–Trinajstić information content (AvgIpc) is 2.70. The van der Waals surface area contributed by atoms with Crippen molar-refractivity contribution in [3.8, 4) is 0 Å². The van der Waals surface area contributed by atoms with Gasteiger partial charge >= 0.3 is 0 Å². The number of piperidine rings is 1. The van der Waals surface area contributed by atoms with Crippen LogP contribution in [0, 0.1) is 12.9 Å². The highest BCUT2D eigenvalue weighted by Gasteiger charge is 2.19. The third-order valence-corrected chi connectivity index (χ3v) is 3.70. The molecule has 1 fully saturated rings. The minimum atomic E-state index is -0.207. The first-order valence-electron chi connectivity index (χ1n) is 6.61. The van der Waals surface area contributed by atoms with Gasteiger partial charge < -0.3 is 5.32 Å². The lowest BCUT2D eigenvalue weighted by molar-refractivity contribution is 0.391. The number of pyridine rings is 1. The second-order valence-corrected chi connectivity index (χ2v) is 5.09. The second-order valence-electron chi connectivity index (χ2n) is 5.09. The Morgan fingerprint density at radius 2 is 2.39 bits per heavy atom. The molecule has 1 aliphatic rings. The Kier molecular flexibility index (Phi) is 3.04. The van der Waals surface area contributed by atoms with Crippen LogP contribution in [0.25, 0.3) is 5.65 Å². The Balaban J connectivity index is 1.92. The van der Waals surface area contributed by atoms with E-state index in [1.165, 1.54) is 12.8 Å². The molecule has 0 radical (unpaired) electrons. The second kappa shape index (κ2) is 4.69. The van der Waals surface area contributed by atoms with Crippen molar-refractivity contribution in [3.63, 3.8) is 0 Å². The van der Waals surface area contributed by atoms with Crippen LogP contribution in [-0.2, 0) is 6.42 Å². The van der Waals surface area contributed by atoms with Gasteiger partial charge in [-0.25, -0.2) is 4.98 Å². The number of rotatable bonds is 2. The number of hydrogen-bond acceptors (Lipinski definition) is 2. The third-order valence-electron chi connectivity index (χ3n) is 3.70. The van der Waals surface area contributed by atoms with Gasteiger partial charge in [0.05, 0.1) is 5.69 Å². The van der Waals surface area contributed by atoms with Crippen LogP contribution >= 0.6 is 0 Å². The summed E-state index contributed by atoms with van der Waals surface area (Å²) in [5, 5.41) is 3.44. The summed E-state index contributed by atoms with van der Waals surface area (Å²) in [7, 11) is 0.